The Labute approximate surface area is 168 Å². The highest BCUT2D eigenvalue weighted by Gasteiger charge is 2.20. The molecule has 3 rings (SSSR count). The third-order valence-electron chi connectivity index (χ3n) is 4.35. The lowest BCUT2D eigenvalue weighted by Crippen LogP contribution is -2.30. The maximum absolute atomic E-state index is 12.3. The molecule has 1 N–H and O–H groups in total. The van der Waals surface area contributed by atoms with Gasteiger partial charge in [-0.05, 0) is 43.2 Å². The minimum Gasteiger partial charge on any atom is -0.497 e. The molecule has 0 unspecified atom stereocenters. The molecule has 1 heterocycles. The van der Waals surface area contributed by atoms with Crippen molar-refractivity contribution >= 4 is 17.6 Å². The van der Waals surface area contributed by atoms with Crippen LogP contribution in [0, 0.1) is 0 Å². The van der Waals surface area contributed by atoms with Gasteiger partial charge in [-0.2, -0.15) is 0 Å². The number of amides is 1. The molecule has 1 amide bonds. The molecular weight excluding hydrogens is 378 g/mol. The summed E-state index contributed by atoms with van der Waals surface area (Å²) in [6.45, 7) is 1.68. The molecule has 0 fully saturated rings. The standard InChI is InChI=1S/C21H23NO7/c1-13(21(24)22-15-5-6-18-19(10-15)28-12-27-18)29-20(23)7-4-14-8-16(25-2)11-17(9-14)26-3/h5-6,8-11,13H,4,7,12H2,1-3H3,(H,22,24)/t13-/m1/s1. The van der Waals surface area contributed by atoms with Crippen LogP contribution in [0.5, 0.6) is 23.0 Å². The number of carbonyl (C=O) groups is 2. The van der Waals surface area contributed by atoms with Gasteiger partial charge in [0.25, 0.3) is 5.91 Å². The van der Waals surface area contributed by atoms with E-state index in [1.807, 2.05) is 12.1 Å². The molecule has 0 aromatic heterocycles. The number of anilines is 1. The third-order valence-corrected chi connectivity index (χ3v) is 4.35. The van der Waals surface area contributed by atoms with Gasteiger partial charge in [-0.1, -0.05) is 0 Å². The van der Waals surface area contributed by atoms with Crippen molar-refractivity contribution in [1.82, 2.24) is 0 Å². The van der Waals surface area contributed by atoms with Gasteiger partial charge >= 0.3 is 5.97 Å². The number of benzene rings is 2. The van der Waals surface area contributed by atoms with Crippen molar-refractivity contribution in [3.05, 3.63) is 42.0 Å². The van der Waals surface area contributed by atoms with Gasteiger partial charge in [0.1, 0.15) is 11.5 Å². The van der Waals surface area contributed by atoms with E-state index in [4.69, 9.17) is 23.7 Å². The molecule has 0 saturated carbocycles. The van der Waals surface area contributed by atoms with Crippen LogP contribution in [0.1, 0.15) is 18.9 Å². The minimum atomic E-state index is -0.937. The molecule has 2 aromatic carbocycles. The average molecular weight is 401 g/mol. The zero-order valence-electron chi connectivity index (χ0n) is 16.5. The molecule has 8 nitrogen and oxygen atoms in total. The van der Waals surface area contributed by atoms with Crippen molar-refractivity contribution in [3.63, 3.8) is 0 Å². The molecule has 0 saturated heterocycles. The van der Waals surface area contributed by atoms with Gasteiger partial charge in [0, 0.05) is 24.2 Å². The van der Waals surface area contributed by atoms with Crippen molar-refractivity contribution < 1.29 is 33.3 Å². The van der Waals surface area contributed by atoms with Gasteiger partial charge in [0.15, 0.2) is 17.6 Å². The summed E-state index contributed by atoms with van der Waals surface area (Å²) in [5.74, 6) is 1.56. The summed E-state index contributed by atoms with van der Waals surface area (Å²) in [4.78, 5) is 24.4. The van der Waals surface area contributed by atoms with E-state index in [1.165, 1.54) is 6.92 Å². The molecule has 154 valence electrons. The SMILES string of the molecule is COc1cc(CCC(=O)O[C@H](C)C(=O)Nc2ccc3c(c2)OCO3)cc(OC)c1. The van der Waals surface area contributed by atoms with Crippen LogP contribution in [0.3, 0.4) is 0 Å². The molecule has 1 atom stereocenters. The fourth-order valence-corrected chi connectivity index (χ4v) is 2.78. The van der Waals surface area contributed by atoms with Crippen LogP contribution in [-0.2, 0) is 20.7 Å². The molecule has 8 heteroatoms. The summed E-state index contributed by atoms with van der Waals surface area (Å²) in [5.41, 5.74) is 1.40. The summed E-state index contributed by atoms with van der Waals surface area (Å²) in [6.07, 6.45) is -0.381. The van der Waals surface area contributed by atoms with E-state index in [0.29, 0.717) is 35.1 Å². The number of hydrogen-bond acceptors (Lipinski definition) is 7. The fraction of sp³-hybridized carbons (Fsp3) is 0.333. The third kappa shape index (κ3) is 5.31. The summed E-state index contributed by atoms with van der Waals surface area (Å²) in [7, 11) is 3.13. The molecular formula is C21H23NO7. The Balaban J connectivity index is 1.50. The number of hydrogen-bond donors (Lipinski definition) is 1. The predicted molar refractivity (Wildman–Crippen MR) is 105 cm³/mol. The van der Waals surface area contributed by atoms with Crippen molar-refractivity contribution in [2.24, 2.45) is 0 Å². The number of nitrogens with one attached hydrogen (secondary N) is 1. The second kappa shape index (κ2) is 9.18. The monoisotopic (exact) mass is 401 g/mol. The first-order valence-corrected chi connectivity index (χ1v) is 9.10. The first-order chi connectivity index (χ1) is 14.0. The van der Waals surface area contributed by atoms with Crippen LogP contribution in [0.15, 0.2) is 36.4 Å². The average Bonchev–Trinajstić information content (AvgIpc) is 3.19. The van der Waals surface area contributed by atoms with Crippen LogP contribution in [0.2, 0.25) is 0 Å². The smallest absolute Gasteiger partial charge is 0.306 e. The summed E-state index contributed by atoms with van der Waals surface area (Å²) >= 11 is 0. The number of methoxy groups -OCH3 is 2. The molecule has 29 heavy (non-hydrogen) atoms. The number of aryl methyl sites for hydroxylation is 1. The Bertz CT molecular complexity index is 874. The normalized spacial score (nSPS) is 12.8. The molecule has 0 aliphatic carbocycles. The Morgan fingerprint density at radius 3 is 2.41 bits per heavy atom. The fourth-order valence-electron chi connectivity index (χ4n) is 2.78. The second-order valence-electron chi connectivity index (χ2n) is 6.41. The largest absolute Gasteiger partial charge is 0.497 e. The highest BCUT2D eigenvalue weighted by molar-refractivity contribution is 5.95. The summed E-state index contributed by atoms with van der Waals surface area (Å²) in [5, 5.41) is 2.70. The quantitative estimate of drug-likeness (QED) is 0.680. The summed E-state index contributed by atoms with van der Waals surface area (Å²) < 4.78 is 26.2. The zero-order valence-corrected chi connectivity index (χ0v) is 16.5. The number of fused-ring (bicyclic) bond motifs is 1. The van der Waals surface area contributed by atoms with Crippen molar-refractivity contribution in [2.45, 2.75) is 25.9 Å². The summed E-state index contributed by atoms with van der Waals surface area (Å²) in [6, 6.07) is 10.5. The Morgan fingerprint density at radius 1 is 1.03 bits per heavy atom. The van der Waals surface area contributed by atoms with Crippen LogP contribution < -0.4 is 24.3 Å². The highest BCUT2D eigenvalue weighted by Crippen LogP contribution is 2.34. The highest BCUT2D eigenvalue weighted by atomic mass is 16.7. The zero-order chi connectivity index (χ0) is 20.8. The first kappa shape index (κ1) is 20.3. The Hall–Kier alpha value is -3.42. The lowest BCUT2D eigenvalue weighted by Gasteiger charge is -2.14. The molecule has 1 aliphatic rings. The van der Waals surface area contributed by atoms with E-state index in [0.717, 1.165) is 5.56 Å². The maximum Gasteiger partial charge on any atom is 0.306 e. The van der Waals surface area contributed by atoms with Gasteiger partial charge in [0.05, 0.1) is 14.2 Å². The number of ether oxygens (including phenoxy) is 5. The molecule has 0 radical (unpaired) electrons. The van der Waals surface area contributed by atoms with Crippen molar-refractivity contribution in [1.29, 1.82) is 0 Å². The van der Waals surface area contributed by atoms with Gasteiger partial charge in [-0.25, -0.2) is 0 Å². The van der Waals surface area contributed by atoms with Gasteiger partial charge < -0.3 is 29.0 Å². The van der Waals surface area contributed by atoms with Gasteiger partial charge in [-0.3, -0.25) is 9.59 Å². The van der Waals surface area contributed by atoms with E-state index < -0.39 is 18.0 Å². The van der Waals surface area contributed by atoms with Crippen LogP contribution >= 0.6 is 0 Å². The Kier molecular flexibility index (Phi) is 6.43. The molecule has 2 aromatic rings. The second-order valence-corrected chi connectivity index (χ2v) is 6.41. The lowest BCUT2D eigenvalue weighted by atomic mass is 10.1. The number of rotatable bonds is 8. The van der Waals surface area contributed by atoms with Crippen LogP contribution in [0.25, 0.3) is 0 Å². The van der Waals surface area contributed by atoms with E-state index in [-0.39, 0.29) is 13.2 Å². The van der Waals surface area contributed by atoms with E-state index >= 15 is 0 Å². The van der Waals surface area contributed by atoms with Gasteiger partial charge in [-0.15, -0.1) is 0 Å². The molecule has 0 bridgehead atoms. The number of carbonyl (C=O) groups excluding carboxylic acids is 2. The Morgan fingerprint density at radius 2 is 1.72 bits per heavy atom. The van der Waals surface area contributed by atoms with Crippen molar-refractivity contribution in [2.75, 3.05) is 26.3 Å². The first-order valence-electron chi connectivity index (χ1n) is 9.10. The van der Waals surface area contributed by atoms with Crippen molar-refractivity contribution in [3.8, 4) is 23.0 Å². The minimum absolute atomic E-state index is 0.123. The predicted octanol–water partition coefficient (Wildman–Crippen LogP) is 2.94. The van der Waals surface area contributed by atoms with Crippen LogP contribution in [0.4, 0.5) is 5.69 Å². The number of esters is 1. The van der Waals surface area contributed by atoms with E-state index in [2.05, 4.69) is 5.32 Å². The van der Waals surface area contributed by atoms with Gasteiger partial charge in [0.2, 0.25) is 6.79 Å². The topological polar surface area (TPSA) is 92.3 Å². The maximum atomic E-state index is 12.3. The van der Waals surface area contributed by atoms with E-state index in [9.17, 15) is 9.59 Å². The lowest BCUT2D eigenvalue weighted by molar-refractivity contribution is -0.153. The molecule has 1 aliphatic heterocycles. The van der Waals surface area contributed by atoms with E-state index in [1.54, 1.807) is 38.5 Å². The van der Waals surface area contributed by atoms with Crippen LogP contribution in [-0.4, -0.2) is 39.0 Å². The molecule has 0 spiro atoms.